The molecule has 4 N–H and O–H groups in total. The van der Waals surface area contributed by atoms with Gasteiger partial charge in [0.2, 0.25) is 0 Å². The van der Waals surface area contributed by atoms with Crippen molar-refractivity contribution >= 4 is 46.6 Å². The number of rotatable bonds is 4. The highest BCUT2D eigenvalue weighted by Crippen LogP contribution is 2.29. The van der Waals surface area contributed by atoms with Crippen molar-refractivity contribution in [2.75, 3.05) is 5.32 Å². The number of hydrogen-bond donors (Lipinski definition) is 3. The Morgan fingerprint density at radius 1 is 1.12 bits per heavy atom. The number of benzene rings is 2. The van der Waals surface area contributed by atoms with Crippen LogP contribution in [0.25, 0.3) is 6.08 Å². The van der Waals surface area contributed by atoms with Gasteiger partial charge in [-0.15, -0.1) is 0 Å². The highest BCUT2D eigenvalue weighted by molar-refractivity contribution is 6.49. The molecule has 5 nitrogen and oxygen atoms in total. The lowest BCUT2D eigenvalue weighted by atomic mass is 10.1. The van der Waals surface area contributed by atoms with Gasteiger partial charge in [-0.25, -0.2) is 4.99 Å². The molecule has 132 valence electrons. The van der Waals surface area contributed by atoms with E-state index in [1.807, 2.05) is 42.5 Å². The fourth-order valence-corrected chi connectivity index (χ4v) is 2.68. The normalized spacial score (nSPS) is 16.7. The predicted octanol–water partition coefficient (Wildman–Crippen LogP) is 3.82. The maximum absolute atomic E-state index is 12.5. The molecule has 0 unspecified atom stereocenters. The van der Waals surface area contributed by atoms with Gasteiger partial charge in [0.25, 0.3) is 5.91 Å². The van der Waals surface area contributed by atoms with Crippen LogP contribution in [0.5, 0.6) is 0 Å². The quantitative estimate of drug-likeness (QED) is 0.746. The molecule has 0 spiro atoms. The minimum absolute atomic E-state index is 0.194. The second kappa shape index (κ2) is 8.19. The highest BCUT2D eigenvalue weighted by atomic mass is 35.5. The van der Waals surface area contributed by atoms with Crippen molar-refractivity contribution in [3.63, 3.8) is 0 Å². The summed E-state index contributed by atoms with van der Waals surface area (Å²) in [4.78, 5) is 16.6. The van der Waals surface area contributed by atoms with E-state index in [9.17, 15) is 4.79 Å². The number of allylic oxidation sites excluding steroid dienone is 1. The first-order chi connectivity index (χ1) is 12.5. The van der Waals surface area contributed by atoms with Gasteiger partial charge in [0.05, 0.1) is 15.7 Å². The average molecular weight is 387 g/mol. The number of hydrogen-bond acceptors (Lipinski definition) is 4. The summed E-state index contributed by atoms with van der Waals surface area (Å²) in [6.45, 7) is 0. The molecule has 0 bridgehead atoms. The Balaban J connectivity index is 1.77. The van der Waals surface area contributed by atoms with Crippen molar-refractivity contribution in [1.29, 1.82) is 0 Å². The van der Waals surface area contributed by atoms with Crippen LogP contribution in [0.4, 0.5) is 5.69 Å². The standard InChI is InChI=1S/C19H16Cl2N4O/c20-14-7-4-8-15(17(14)21)24-18(26)16-11-13(23-19(22)25-16)10-9-12-5-2-1-3-6-12/h1-11,19,23H,22H2,(H,24,26)/b10-9+/t19-/m1/s1. The van der Waals surface area contributed by atoms with Crippen molar-refractivity contribution in [2.24, 2.45) is 10.7 Å². The Labute approximate surface area is 161 Å². The zero-order valence-electron chi connectivity index (χ0n) is 13.6. The number of nitrogens with zero attached hydrogens (tertiary/aromatic N) is 1. The average Bonchev–Trinajstić information content (AvgIpc) is 2.64. The second-order valence-electron chi connectivity index (χ2n) is 5.50. The highest BCUT2D eigenvalue weighted by Gasteiger charge is 2.18. The van der Waals surface area contributed by atoms with Gasteiger partial charge in [0.1, 0.15) is 5.71 Å². The number of aliphatic imine (C=N–C) groups is 1. The van der Waals surface area contributed by atoms with Gasteiger partial charge in [-0.2, -0.15) is 0 Å². The number of carbonyl (C=O) groups is 1. The molecule has 1 aliphatic rings. The molecule has 0 fully saturated rings. The van der Waals surface area contributed by atoms with Gasteiger partial charge in [0.15, 0.2) is 6.29 Å². The number of halogens is 2. The lowest BCUT2D eigenvalue weighted by Gasteiger charge is -2.19. The summed E-state index contributed by atoms with van der Waals surface area (Å²) in [5.41, 5.74) is 8.18. The molecule has 0 aromatic heterocycles. The maximum Gasteiger partial charge on any atom is 0.274 e. The molecule has 3 rings (SSSR count). The van der Waals surface area contributed by atoms with E-state index >= 15 is 0 Å². The molecular weight excluding hydrogens is 371 g/mol. The van der Waals surface area contributed by atoms with E-state index in [0.717, 1.165) is 5.56 Å². The van der Waals surface area contributed by atoms with Gasteiger partial charge in [-0.1, -0.05) is 65.7 Å². The van der Waals surface area contributed by atoms with E-state index in [0.29, 0.717) is 16.4 Å². The summed E-state index contributed by atoms with van der Waals surface area (Å²) >= 11 is 12.1. The van der Waals surface area contributed by atoms with Gasteiger partial charge in [-0.3, -0.25) is 10.5 Å². The van der Waals surface area contributed by atoms with Crippen LogP contribution in [0.3, 0.4) is 0 Å². The Hall–Kier alpha value is -2.60. The van der Waals surface area contributed by atoms with E-state index in [-0.39, 0.29) is 10.7 Å². The maximum atomic E-state index is 12.5. The molecule has 1 aliphatic heterocycles. The van der Waals surface area contributed by atoms with Gasteiger partial charge in [0, 0.05) is 5.70 Å². The molecule has 7 heteroatoms. The third kappa shape index (κ3) is 4.52. The summed E-state index contributed by atoms with van der Waals surface area (Å²) in [5.74, 6) is -0.420. The van der Waals surface area contributed by atoms with Crippen molar-refractivity contribution < 1.29 is 4.79 Å². The lowest BCUT2D eigenvalue weighted by molar-refractivity contribution is -0.110. The van der Waals surface area contributed by atoms with Crippen LogP contribution in [0, 0.1) is 0 Å². The topological polar surface area (TPSA) is 79.5 Å². The Morgan fingerprint density at radius 2 is 1.88 bits per heavy atom. The molecule has 1 atom stereocenters. The summed E-state index contributed by atoms with van der Waals surface area (Å²) in [6, 6.07) is 14.8. The second-order valence-corrected chi connectivity index (χ2v) is 6.29. The van der Waals surface area contributed by atoms with Gasteiger partial charge in [-0.05, 0) is 29.8 Å². The van der Waals surface area contributed by atoms with E-state index in [2.05, 4.69) is 15.6 Å². The summed E-state index contributed by atoms with van der Waals surface area (Å²) in [5, 5.41) is 6.32. The van der Waals surface area contributed by atoms with Crippen molar-refractivity contribution in [2.45, 2.75) is 6.29 Å². The van der Waals surface area contributed by atoms with Gasteiger partial charge < -0.3 is 10.6 Å². The largest absolute Gasteiger partial charge is 0.352 e. The number of amides is 1. The zero-order valence-corrected chi connectivity index (χ0v) is 15.1. The monoisotopic (exact) mass is 386 g/mol. The third-order valence-corrected chi connectivity index (χ3v) is 4.39. The fraction of sp³-hybridized carbons (Fsp3) is 0.0526. The van der Waals surface area contributed by atoms with Crippen molar-refractivity contribution in [3.05, 3.63) is 82.0 Å². The van der Waals surface area contributed by atoms with Crippen LogP contribution in [0.15, 0.2) is 71.4 Å². The van der Waals surface area contributed by atoms with Gasteiger partial charge >= 0.3 is 0 Å². The van der Waals surface area contributed by atoms with Crippen molar-refractivity contribution in [1.82, 2.24) is 5.32 Å². The molecule has 0 saturated heterocycles. The van der Waals surface area contributed by atoms with Crippen LogP contribution in [-0.2, 0) is 4.79 Å². The van der Waals surface area contributed by atoms with Crippen LogP contribution in [-0.4, -0.2) is 17.9 Å². The molecule has 1 amide bonds. The molecule has 2 aromatic rings. The minimum atomic E-state index is -0.717. The number of nitrogens with one attached hydrogen (secondary N) is 2. The van der Waals surface area contributed by atoms with Crippen molar-refractivity contribution in [3.8, 4) is 0 Å². The molecule has 0 radical (unpaired) electrons. The Kier molecular flexibility index (Phi) is 5.73. The van der Waals surface area contributed by atoms with Crippen LogP contribution in [0.2, 0.25) is 10.0 Å². The predicted molar refractivity (Wildman–Crippen MR) is 107 cm³/mol. The Bertz CT molecular complexity index is 907. The minimum Gasteiger partial charge on any atom is -0.352 e. The first-order valence-electron chi connectivity index (χ1n) is 7.83. The van der Waals surface area contributed by atoms with Crippen LogP contribution in [0.1, 0.15) is 5.56 Å². The Morgan fingerprint density at radius 3 is 2.65 bits per heavy atom. The van der Waals surface area contributed by atoms with E-state index in [1.165, 1.54) is 0 Å². The molecule has 26 heavy (non-hydrogen) atoms. The van der Waals surface area contributed by atoms with Crippen LogP contribution < -0.4 is 16.4 Å². The zero-order chi connectivity index (χ0) is 18.5. The summed E-state index contributed by atoms with van der Waals surface area (Å²) in [7, 11) is 0. The number of carbonyl (C=O) groups excluding carboxylic acids is 1. The molecule has 0 saturated carbocycles. The molecule has 1 heterocycles. The van der Waals surface area contributed by atoms with E-state index < -0.39 is 12.2 Å². The van der Waals surface area contributed by atoms with E-state index in [1.54, 1.807) is 24.3 Å². The smallest absolute Gasteiger partial charge is 0.274 e. The first kappa shape index (κ1) is 18.2. The lowest BCUT2D eigenvalue weighted by Crippen LogP contribution is -2.40. The van der Waals surface area contributed by atoms with E-state index in [4.69, 9.17) is 28.9 Å². The summed E-state index contributed by atoms with van der Waals surface area (Å²) < 4.78 is 0. The fourth-order valence-electron chi connectivity index (χ4n) is 2.34. The molecule has 2 aromatic carbocycles. The SMILES string of the molecule is N[C@H]1N=C(C(=O)Nc2cccc(Cl)c2Cl)C=C(/C=C/c2ccccc2)N1. The summed E-state index contributed by atoms with van der Waals surface area (Å²) in [6.07, 6.45) is 4.66. The molecule has 0 aliphatic carbocycles. The van der Waals surface area contributed by atoms with Crippen LogP contribution >= 0.6 is 23.2 Å². The molecular formula is C19H16Cl2N4O. The first-order valence-corrected chi connectivity index (χ1v) is 8.58. The number of anilines is 1. The third-order valence-electron chi connectivity index (χ3n) is 3.57. The number of nitrogens with two attached hydrogens (primary N) is 1.